The lowest BCUT2D eigenvalue weighted by Crippen LogP contribution is -2.45. The van der Waals surface area contributed by atoms with Crippen molar-refractivity contribution in [1.29, 1.82) is 0 Å². The van der Waals surface area contributed by atoms with Crippen molar-refractivity contribution in [3.8, 4) is 0 Å². The molecule has 1 aromatic heterocycles. The number of H-pyrrole nitrogens is 1. The molecule has 1 aromatic carbocycles. The summed E-state index contributed by atoms with van der Waals surface area (Å²) in [7, 11) is 0. The molecule has 1 atom stereocenters. The number of carbonyl (C=O) groups excluding carboxylic acids is 1. The normalized spacial score (nSPS) is 21.7. The first-order valence-corrected chi connectivity index (χ1v) is 9.78. The maximum atomic E-state index is 12.6. The number of ether oxygens (including phenoxy) is 1. The third kappa shape index (κ3) is 3.98. The van der Waals surface area contributed by atoms with E-state index in [1.165, 1.54) is 5.56 Å². The second-order valence-electron chi connectivity index (χ2n) is 7.44. The van der Waals surface area contributed by atoms with Crippen molar-refractivity contribution in [2.75, 3.05) is 19.7 Å². The molecule has 0 aliphatic carbocycles. The molecule has 1 N–H and O–H groups in total. The summed E-state index contributed by atoms with van der Waals surface area (Å²) in [4.78, 5) is 14.6. The summed E-state index contributed by atoms with van der Waals surface area (Å²) in [5.74, 6) is 0.627. The number of aromatic amines is 1. The predicted octanol–water partition coefficient (Wildman–Crippen LogP) is 3.28. The van der Waals surface area contributed by atoms with Crippen molar-refractivity contribution in [2.24, 2.45) is 0 Å². The molecule has 2 saturated heterocycles. The van der Waals surface area contributed by atoms with Crippen LogP contribution in [0.5, 0.6) is 0 Å². The van der Waals surface area contributed by atoms with E-state index in [4.69, 9.17) is 4.74 Å². The zero-order valence-corrected chi connectivity index (χ0v) is 15.2. The average molecular weight is 353 g/mol. The van der Waals surface area contributed by atoms with Gasteiger partial charge in [-0.3, -0.25) is 9.89 Å². The highest BCUT2D eigenvalue weighted by Gasteiger charge is 2.30. The van der Waals surface area contributed by atoms with Gasteiger partial charge < -0.3 is 9.64 Å². The highest BCUT2D eigenvalue weighted by molar-refractivity contribution is 5.81. The minimum absolute atomic E-state index is 0.190. The lowest BCUT2D eigenvalue weighted by molar-refractivity contribution is -0.147. The van der Waals surface area contributed by atoms with Crippen LogP contribution in [0.15, 0.2) is 36.4 Å². The summed E-state index contributed by atoms with van der Waals surface area (Å²) in [5, 5.41) is 7.73. The molecule has 2 fully saturated rings. The second kappa shape index (κ2) is 8.04. The van der Waals surface area contributed by atoms with Crippen LogP contribution < -0.4 is 0 Å². The van der Waals surface area contributed by atoms with Gasteiger partial charge >= 0.3 is 0 Å². The fourth-order valence-corrected chi connectivity index (χ4v) is 4.03. The smallest absolute Gasteiger partial charge is 0.251 e. The van der Waals surface area contributed by atoms with Crippen molar-refractivity contribution >= 4 is 5.91 Å². The molecule has 1 amide bonds. The Morgan fingerprint density at radius 3 is 2.69 bits per heavy atom. The third-order valence-corrected chi connectivity index (χ3v) is 5.57. The number of piperidine rings is 1. The van der Waals surface area contributed by atoms with E-state index in [1.54, 1.807) is 0 Å². The molecule has 2 aliphatic rings. The largest absolute Gasteiger partial charge is 0.368 e. The van der Waals surface area contributed by atoms with Crippen LogP contribution in [-0.4, -0.2) is 46.8 Å². The summed E-state index contributed by atoms with van der Waals surface area (Å²) in [6.45, 7) is 2.35. The highest BCUT2D eigenvalue weighted by atomic mass is 16.5. The quantitative estimate of drug-likeness (QED) is 0.918. The summed E-state index contributed by atoms with van der Waals surface area (Å²) >= 11 is 0. The zero-order chi connectivity index (χ0) is 17.8. The topological polar surface area (TPSA) is 58.2 Å². The molecule has 5 heteroatoms. The first-order valence-electron chi connectivity index (χ1n) is 9.78. The lowest BCUT2D eigenvalue weighted by atomic mass is 9.92. The van der Waals surface area contributed by atoms with E-state index in [2.05, 4.69) is 40.5 Å². The number of hydrogen-bond donors (Lipinski definition) is 1. The van der Waals surface area contributed by atoms with Crippen LogP contribution in [-0.2, 0) is 16.0 Å². The SMILES string of the molecule is O=C(C1CCCCO1)N1CCC(c2cc(Cc3ccccc3)[nH]n2)CC1. The van der Waals surface area contributed by atoms with Gasteiger partial charge in [0.05, 0.1) is 5.69 Å². The Labute approximate surface area is 154 Å². The Morgan fingerprint density at radius 1 is 1.15 bits per heavy atom. The van der Waals surface area contributed by atoms with Gasteiger partial charge in [0.2, 0.25) is 0 Å². The fourth-order valence-electron chi connectivity index (χ4n) is 4.03. The van der Waals surface area contributed by atoms with Crippen LogP contribution >= 0.6 is 0 Å². The molecule has 0 spiro atoms. The van der Waals surface area contributed by atoms with Gasteiger partial charge in [-0.2, -0.15) is 5.10 Å². The van der Waals surface area contributed by atoms with Crippen molar-refractivity contribution in [1.82, 2.24) is 15.1 Å². The molecule has 1 unspecified atom stereocenters. The van der Waals surface area contributed by atoms with E-state index < -0.39 is 0 Å². The molecular weight excluding hydrogens is 326 g/mol. The summed E-state index contributed by atoms with van der Waals surface area (Å²) < 4.78 is 5.66. The minimum Gasteiger partial charge on any atom is -0.368 e. The van der Waals surface area contributed by atoms with Crippen LogP contribution in [0.25, 0.3) is 0 Å². The first kappa shape index (κ1) is 17.3. The Kier molecular flexibility index (Phi) is 5.34. The van der Waals surface area contributed by atoms with Crippen molar-refractivity contribution < 1.29 is 9.53 Å². The highest BCUT2D eigenvalue weighted by Crippen LogP contribution is 2.28. The molecule has 3 heterocycles. The molecule has 138 valence electrons. The maximum Gasteiger partial charge on any atom is 0.251 e. The van der Waals surface area contributed by atoms with E-state index in [0.29, 0.717) is 5.92 Å². The number of benzene rings is 1. The number of carbonyl (C=O) groups is 1. The Hall–Kier alpha value is -2.14. The molecule has 5 nitrogen and oxygen atoms in total. The van der Waals surface area contributed by atoms with Gasteiger partial charge in [0, 0.05) is 37.7 Å². The molecule has 0 radical (unpaired) electrons. The standard InChI is InChI=1S/C21H27N3O2/c25-21(20-8-4-5-13-26-20)24-11-9-17(10-12-24)19-15-18(22-23-19)14-16-6-2-1-3-7-16/h1-3,6-7,15,17,20H,4-5,8-14H2,(H,22,23). The number of nitrogens with one attached hydrogen (secondary N) is 1. The summed E-state index contributed by atoms with van der Waals surface area (Å²) in [6.07, 6.45) is 5.69. The number of hydrogen-bond acceptors (Lipinski definition) is 3. The van der Waals surface area contributed by atoms with Crippen LogP contribution in [0.2, 0.25) is 0 Å². The van der Waals surface area contributed by atoms with Crippen molar-refractivity contribution in [3.05, 3.63) is 53.3 Å². The van der Waals surface area contributed by atoms with Crippen LogP contribution in [0.4, 0.5) is 0 Å². The van der Waals surface area contributed by atoms with E-state index >= 15 is 0 Å². The van der Waals surface area contributed by atoms with Crippen molar-refractivity contribution in [2.45, 2.75) is 50.5 Å². The van der Waals surface area contributed by atoms with Gasteiger partial charge in [0.25, 0.3) is 5.91 Å². The minimum atomic E-state index is -0.205. The molecule has 0 bridgehead atoms. The molecule has 2 aliphatic heterocycles. The Balaban J connectivity index is 1.31. The Morgan fingerprint density at radius 2 is 1.96 bits per heavy atom. The maximum absolute atomic E-state index is 12.6. The lowest BCUT2D eigenvalue weighted by Gasteiger charge is -2.34. The van der Waals surface area contributed by atoms with Crippen LogP contribution in [0.3, 0.4) is 0 Å². The van der Waals surface area contributed by atoms with Gasteiger partial charge in [-0.25, -0.2) is 0 Å². The number of likely N-dealkylation sites (tertiary alicyclic amines) is 1. The van der Waals surface area contributed by atoms with E-state index in [0.717, 1.165) is 69.6 Å². The number of nitrogens with zero attached hydrogens (tertiary/aromatic N) is 2. The number of amides is 1. The summed E-state index contributed by atoms with van der Waals surface area (Å²) in [5.41, 5.74) is 3.58. The van der Waals surface area contributed by atoms with Crippen molar-refractivity contribution in [3.63, 3.8) is 0 Å². The Bertz CT molecular complexity index is 714. The van der Waals surface area contributed by atoms with Gasteiger partial charge in [0.15, 0.2) is 0 Å². The third-order valence-electron chi connectivity index (χ3n) is 5.57. The van der Waals surface area contributed by atoms with Crippen LogP contribution in [0, 0.1) is 0 Å². The monoisotopic (exact) mass is 353 g/mol. The number of rotatable bonds is 4. The first-order chi connectivity index (χ1) is 12.8. The molecular formula is C21H27N3O2. The van der Waals surface area contributed by atoms with Gasteiger partial charge in [-0.15, -0.1) is 0 Å². The zero-order valence-electron chi connectivity index (χ0n) is 15.2. The predicted molar refractivity (Wildman–Crippen MR) is 100.0 cm³/mol. The molecule has 4 rings (SSSR count). The number of aromatic nitrogens is 2. The van der Waals surface area contributed by atoms with E-state index in [9.17, 15) is 4.79 Å². The average Bonchev–Trinajstić information content (AvgIpc) is 3.17. The summed E-state index contributed by atoms with van der Waals surface area (Å²) in [6, 6.07) is 12.6. The van der Waals surface area contributed by atoms with Gasteiger partial charge in [0.1, 0.15) is 6.10 Å². The van der Waals surface area contributed by atoms with Crippen LogP contribution in [0.1, 0.15) is 55.0 Å². The van der Waals surface area contributed by atoms with Gasteiger partial charge in [-0.05, 0) is 43.7 Å². The van der Waals surface area contributed by atoms with E-state index in [1.807, 2.05) is 11.0 Å². The molecule has 2 aromatic rings. The molecule has 0 saturated carbocycles. The fraction of sp³-hybridized carbons (Fsp3) is 0.524. The van der Waals surface area contributed by atoms with E-state index in [-0.39, 0.29) is 12.0 Å². The van der Waals surface area contributed by atoms with Gasteiger partial charge in [-0.1, -0.05) is 30.3 Å². The second-order valence-corrected chi connectivity index (χ2v) is 7.44. The molecule has 26 heavy (non-hydrogen) atoms.